The lowest BCUT2D eigenvalue weighted by molar-refractivity contribution is -0.136. The van der Waals surface area contributed by atoms with Gasteiger partial charge in [0.05, 0.1) is 39.6 Å². The maximum Gasteiger partial charge on any atom is 0.200 e. The molecule has 3 rings (SSSR count). The van der Waals surface area contributed by atoms with E-state index < -0.39 is 31.0 Å². The molecule has 0 saturated heterocycles. The van der Waals surface area contributed by atoms with E-state index in [1.807, 2.05) is 0 Å². The van der Waals surface area contributed by atoms with Gasteiger partial charge in [0, 0.05) is 11.8 Å². The molecule has 9 nitrogen and oxygen atoms in total. The smallest absolute Gasteiger partial charge is 0.200 e. The van der Waals surface area contributed by atoms with Crippen LogP contribution in [0, 0.1) is 11.8 Å². The average Bonchev–Trinajstić information content (AvgIpc) is 2.86. The third-order valence-corrected chi connectivity index (χ3v) is 6.91. The number of phenols is 2. The Kier molecular flexibility index (Phi) is 9.45. The summed E-state index contributed by atoms with van der Waals surface area (Å²) in [4.78, 5) is 0. The van der Waals surface area contributed by atoms with E-state index >= 15 is 0 Å². The van der Waals surface area contributed by atoms with Crippen LogP contribution in [0.2, 0.25) is 0 Å². The SMILES string of the molecule is COc1cc(CC[C@H](OCO)[C@@H]2CC[C@@H](O)[C@@H](Cc3cc(OC)c(O)c(OC)c3)[C@@H]2O)ccc1O. The Morgan fingerprint density at radius 3 is 2.11 bits per heavy atom. The quantitative estimate of drug-likeness (QED) is 0.299. The van der Waals surface area contributed by atoms with Gasteiger partial charge >= 0.3 is 0 Å². The highest BCUT2D eigenvalue weighted by atomic mass is 16.6. The van der Waals surface area contributed by atoms with Gasteiger partial charge in [0.25, 0.3) is 0 Å². The van der Waals surface area contributed by atoms with Crippen LogP contribution < -0.4 is 14.2 Å². The third kappa shape index (κ3) is 6.29. The maximum atomic E-state index is 11.3. The van der Waals surface area contributed by atoms with Gasteiger partial charge in [-0.15, -0.1) is 0 Å². The second-order valence-corrected chi connectivity index (χ2v) is 8.90. The number of aliphatic hydroxyl groups is 3. The van der Waals surface area contributed by atoms with Crippen LogP contribution in [0.3, 0.4) is 0 Å². The Labute approximate surface area is 205 Å². The molecule has 0 amide bonds. The van der Waals surface area contributed by atoms with Crippen molar-refractivity contribution in [2.75, 3.05) is 28.1 Å². The van der Waals surface area contributed by atoms with E-state index in [0.717, 1.165) is 11.1 Å². The standard InChI is InChI=1S/C26H36O9/c1-32-22-11-15(4-7-20(22)29)5-9-21(35-14-27)17-6-8-19(28)18(25(17)30)10-16-12-23(33-2)26(31)24(13-16)34-3/h4,7,11-13,17-19,21,25,27-31H,5-6,8-10,14H2,1-3H3/t17-,18+,19+,21-,25+/m0/s1. The predicted molar refractivity (Wildman–Crippen MR) is 128 cm³/mol. The fourth-order valence-electron chi connectivity index (χ4n) is 5.00. The predicted octanol–water partition coefficient (Wildman–Crippen LogP) is 2.38. The minimum atomic E-state index is -0.879. The van der Waals surface area contributed by atoms with Gasteiger partial charge in [0.1, 0.15) is 6.79 Å². The summed E-state index contributed by atoms with van der Waals surface area (Å²) in [7, 11) is 4.37. The van der Waals surface area contributed by atoms with Gasteiger partial charge in [-0.2, -0.15) is 0 Å². The summed E-state index contributed by atoms with van der Waals surface area (Å²) in [6.07, 6.45) is 0.450. The van der Waals surface area contributed by atoms with E-state index in [0.29, 0.717) is 37.9 Å². The van der Waals surface area contributed by atoms with Gasteiger partial charge in [0.2, 0.25) is 5.75 Å². The molecule has 0 spiro atoms. The average molecular weight is 493 g/mol. The fraction of sp³-hybridized carbons (Fsp3) is 0.538. The number of ether oxygens (including phenoxy) is 4. The molecule has 1 aliphatic carbocycles. The molecule has 0 bridgehead atoms. The molecule has 1 fully saturated rings. The molecule has 2 aromatic carbocycles. The van der Waals surface area contributed by atoms with Crippen molar-refractivity contribution in [2.45, 2.75) is 50.4 Å². The first kappa shape index (κ1) is 26.9. The number of hydrogen-bond acceptors (Lipinski definition) is 9. The summed E-state index contributed by atoms with van der Waals surface area (Å²) >= 11 is 0. The summed E-state index contributed by atoms with van der Waals surface area (Å²) in [6.45, 7) is -0.480. The van der Waals surface area contributed by atoms with Crippen molar-refractivity contribution in [3.63, 3.8) is 0 Å². The molecule has 1 saturated carbocycles. The van der Waals surface area contributed by atoms with Gasteiger partial charge in [0.15, 0.2) is 23.0 Å². The topological polar surface area (TPSA) is 138 Å². The molecular weight excluding hydrogens is 456 g/mol. The van der Waals surface area contributed by atoms with Crippen LogP contribution in [0.15, 0.2) is 30.3 Å². The Hall–Kier alpha value is -2.72. The van der Waals surface area contributed by atoms with Crippen molar-refractivity contribution >= 4 is 0 Å². The highest BCUT2D eigenvalue weighted by molar-refractivity contribution is 5.52. The van der Waals surface area contributed by atoms with E-state index in [1.54, 1.807) is 30.3 Å². The van der Waals surface area contributed by atoms with Crippen LogP contribution in [0.5, 0.6) is 28.7 Å². The molecule has 194 valence electrons. The Bertz CT molecular complexity index is 939. The molecule has 0 aromatic heterocycles. The second kappa shape index (κ2) is 12.3. The molecule has 9 heteroatoms. The van der Waals surface area contributed by atoms with E-state index in [2.05, 4.69) is 0 Å². The summed E-state index contributed by atoms with van der Waals surface area (Å²) in [6, 6.07) is 8.45. The zero-order valence-corrected chi connectivity index (χ0v) is 20.4. The van der Waals surface area contributed by atoms with Crippen molar-refractivity contribution < 1.29 is 44.5 Å². The summed E-state index contributed by atoms with van der Waals surface area (Å²) in [5.74, 6) is 0.0533. The first-order chi connectivity index (χ1) is 16.8. The monoisotopic (exact) mass is 492 g/mol. The zero-order chi connectivity index (χ0) is 25.5. The lowest BCUT2D eigenvalue weighted by Crippen LogP contribution is -2.48. The van der Waals surface area contributed by atoms with E-state index in [1.165, 1.54) is 21.3 Å². The van der Waals surface area contributed by atoms with Crippen LogP contribution in [0.4, 0.5) is 0 Å². The van der Waals surface area contributed by atoms with E-state index in [4.69, 9.17) is 18.9 Å². The third-order valence-electron chi connectivity index (χ3n) is 6.91. The van der Waals surface area contributed by atoms with Crippen LogP contribution in [0.1, 0.15) is 30.4 Å². The lowest BCUT2D eigenvalue weighted by atomic mass is 9.71. The summed E-state index contributed by atoms with van der Waals surface area (Å²) in [5, 5.41) is 51.5. The van der Waals surface area contributed by atoms with Crippen LogP contribution in [-0.4, -0.2) is 72.0 Å². The Morgan fingerprint density at radius 1 is 0.886 bits per heavy atom. The number of aromatic hydroxyl groups is 2. The van der Waals surface area contributed by atoms with Crippen molar-refractivity contribution in [2.24, 2.45) is 11.8 Å². The highest BCUT2D eigenvalue weighted by Gasteiger charge is 2.41. The minimum absolute atomic E-state index is 0.0569. The van der Waals surface area contributed by atoms with Gasteiger partial charge in [-0.1, -0.05) is 6.07 Å². The fourth-order valence-corrected chi connectivity index (χ4v) is 5.00. The molecular formula is C26H36O9. The lowest BCUT2D eigenvalue weighted by Gasteiger charge is -2.41. The largest absolute Gasteiger partial charge is 0.504 e. The highest BCUT2D eigenvalue weighted by Crippen LogP contribution is 2.41. The summed E-state index contributed by atoms with van der Waals surface area (Å²) in [5.41, 5.74) is 1.67. The molecule has 0 heterocycles. The van der Waals surface area contributed by atoms with E-state index in [-0.39, 0.29) is 28.9 Å². The zero-order valence-electron chi connectivity index (χ0n) is 20.4. The minimum Gasteiger partial charge on any atom is -0.504 e. The first-order valence-corrected chi connectivity index (χ1v) is 11.7. The van der Waals surface area contributed by atoms with Crippen LogP contribution in [0.25, 0.3) is 0 Å². The van der Waals surface area contributed by atoms with E-state index in [9.17, 15) is 25.5 Å². The van der Waals surface area contributed by atoms with Gasteiger partial charge in [-0.25, -0.2) is 0 Å². The Balaban J connectivity index is 1.76. The second-order valence-electron chi connectivity index (χ2n) is 8.90. The van der Waals surface area contributed by atoms with Crippen molar-refractivity contribution in [3.8, 4) is 28.7 Å². The van der Waals surface area contributed by atoms with Crippen molar-refractivity contribution in [1.82, 2.24) is 0 Å². The number of benzene rings is 2. The molecule has 35 heavy (non-hydrogen) atoms. The van der Waals surface area contributed by atoms with Crippen LogP contribution in [-0.2, 0) is 17.6 Å². The summed E-state index contributed by atoms with van der Waals surface area (Å²) < 4.78 is 21.3. The number of hydrogen-bond donors (Lipinski definition) is 5. The number of rotatable bonds is 11. The van der Waals surface area contributed by atoms with Gasteiger partial charge in [-0.05, 0) is 67.5 Å². The van der Waals surface area contributed by atoms with Crippen LogP contribution >= 0.6 is 0 Å². The normalized spacial score (nSPS) is 23.0. The van der Waals surface area contributed by atoms with Crippen molar-refractivity contribution in [1.29, 1.82) is 0 Å². The molecule has 5 atom stereocenters. The first-order valence-electron chi connectivity index (χ1n) is 11.7. The van der Waals surface area contributed by atoms with Gasteiger partial charge in [-0.3, -0.25) is 0 Å². The number of methoxy groups -OCH3 is 3. The van der Waals surface area contributed by atoms with Crippen molar-refractivity contribution in [3.05, 3.63) is 41.5 Å². The molecule has 0 unspecified atom stereocenters. The number of aliphatic hydroxyl groups excluding tert-OH is 3. The Morgan fingerprint density at radius 2 is 1.51 bits per heavy atom. The number of aryl methyl sites for hydroxylation is 1. The molecule has 0 radical (unpaired) electrons. The molecule has 5 N–H and O–H groups in total. The maximum absolute atomic E-state index is 11.3. The van der Waals surface area contributed by atoms with Gasteiger partial charge < -0.3 is 44.5 Å². The molecule has 1 aliphatic rings. The number of phenolic OH excluding ortho intramolecular Hbond substituents is 2. The molecule has 0 aliphatic heterocycles. The molecule has 2 aromatic rings.